The molecule has 0 radical (unpaired) electrons. The van der Waals surface area contributed by atoms with Gasteiger partial charge in [0.1, 0.15) is 0 Å². The van der Waals surface area contributed by atoms with E-state index in [0.717, 1.165) is 18.4 Å². The van der Waals surface area contributed by atoms with Gasteiger partial charge < -0.3 is 5.73 Å². The first-order valence-electron chi connectivity index (χ1n) is 5.12. The van der Waals surface area contributed by atoms with E-state index in [1.165, 1.54) is 11.1 Å². The normalized spacial score (nSPS) is 12.5. The second kappa shape index (κ2) is 4.97. The van der Waals surface area contributed by atoms with Gasteiger partial charge in [0.05, 0.1) is 0 Å². The van der Waals surface area contributed by atoms with E-state index >= 15 is 0 Å². The van der Waals surface area contributed by atoms with Crippen molar-refractivity contribution in [2.75, 3.05) is 0 Å². The zero-order valence-electron chi connectivity index (χ0n) is 9.09. The van der Waals surface area contributed by atoms with Crippen LogP contribution in [0, 0.1) is 0 Å². The molecular formula is C13H19N. The van der Waals surface area contributed by atoms with E-state index in [2.05, 4.69) is 37.8 Å². The fraction of sp³-hybridized carbons (Fsp3) is 0.385. The lowest BCUT2D eigenvalue weighted by atomic mass is 10.0. The molecule has 1 heteroatoms. The minimum atomic E-state index is 0.0856. The van der Waals surface area contributed by atoms with E-state index in [-0.39, 0.29) is 6.04 Å². The molecule has 0 bridgehead atoms. The first kappa shape index (κ1) is 11.0. The van der Waals surface area contributed by atoms with Crippen molar-refractivity contribution in [3.8, 4) is 0 Å². The van der Waals surface area contributed by atoms with E-state index in [4.69, 9.17) is 5.73 Å². The van der Waals surface area contributed by atoms with Gasteiger partial charge in [0.15, 0.2) is 0 Å². The summed E-state index contributed by atoms with van der Waals surface area (Å²) in [5, 5.41) is 0. The maximum atomic E-state index is 5.92. The lowest BCUT2D eigenvalue weighted by Gasteiger charge is -2.11. The molecule has 0 heterocycles. The van der Waals surface area contributed by atoms with Crippen LogP contribution in [0.2, 0.25) is 0 Å². The van der Waals surface area contributed by atoms with Crippen molar-refractivity contribution in [3.63, 3.8) is 0 Å². The average molecular weight is 189 g/mol. The van der Waals surface area contributed by atoms with Crippen molar-refractivity contribution in [2.45, 2.75) is 32.7 Å². The first-order chi connectivity index (χ1) is 6.63. The van der Waals surface area contributed by atoms with Crippen LogP contribution in [0.5, 0.6) is 0 Å². The number of nitrogens with two attached hydrogens (primary N) is 1. The summed E-state index contributed by atoms with van der Waals surface area (Å²) in [4.78, 5) is 0. The Labute approximate surface area is 86.6 Å². The lowest BCUT2D eigenvalue weighted by molar-refractivity contribution is 0.766. The van der Waals surface area contributed by atoms with Gasteiger partial charge >= 0.3 is 0 Å². The van der Waals surface area contributed by atoms with Crippen molar-refractivity contribution in [3.05, 3.63) is 47.5 Å². The molecule has 0 amide bonds. The predicted octanol–water partition coefficient (Wildman–Crippen LogP) is 2.69. The number of hydrogen-bond donors (Lipinski definition) is 1. The van der Waals surface area contributed by atoms with Crippen LogP contribution in [-0.4, -0.2) is 6.04 Å². The smallest absolute Gasteiger partial charge is 0.0289 e. The number of aryl methyl sites for hydroxylation is 1. The van der Waals surface area contributed by atoms with Gasteiger partial charge in [0.2, 0.25) is 0 Å². The highest BCUT2D eigenvalue weighted by molar-refractivity contribution is 5.24. The lowest BCUT2D eigenvalue weighted by Crippen LogP contribution is -2.23. The molecule has 0 spiro atoms. The Morgan fingerprint density at radius 1 is 1.29 bits per heavy atom. The van der Waals surface area contributed by atoms with Crippen LogP contribution in [0.3, 0.4) is 0 Å². The maximum absolute atomic E-state index is 5.92. The zero-order valence-corrected chi connectivity index (χ0v) is 9.09. The average Bonchev–Trinajstić information content (AvgIpc) is 2.19. The minimum Gasteiger partial charge on any atom is -0.324 e. The highest BCUT2D eigenvalue weighted by Gasteiger charge is 2.03. The van der Waals surface area contributed by atoms with Gasteiger partial charge in [-0.1, -0.05) is 43.3 Å². The molecule has 14 heavy (non-hydrogen) atoms. The predicted molar refractivity (Wildman–Crippen MR) is 62.3 cm³/mol. The molecule has 0 saturated heterocycles. The Balaban J connectivity index is 2.64. The van der Waals surface area contributed by atoms with Crippen LogP contribution in [-0.2, 0) is 12.8 Å². The highest BCUT2D eigenvalue weighted by Crippen LogP contribution is 2.09. The number of benzene rings is 1. The van der Waals surface area contributed by atoms with Crippen molar-refractivity contribution in [1.82, 2.24) is 0 Å². The summed E-state index contributed by atoms with van der Waals surface area (Å²) in [5.41, 5.74) is 9.63. The Hall–Kier alpha value is -1.08. The van der Waals surface area contributed by atoms with Crippen molar-refractivity contribution in [2.24, 2.45) is 5.73 Å². The molecule has 0 fully saturated rings. The molecule has 1 aromatic rings. The van der Waals surface area contributed by atoms with Gasteiger partial charge in [0, 0.05) is 6.04 Å². The van der Waals surface area contributed by atoms with E-state index in [1.54, 1.807) is 0 Å². The molecule has 0 saturated carbocycles. The van der Waals surface area contributed by atoms with Gasteiger partial charge in [0.25, 0.3) is 0 Å². The summed E-state index contributed by atoms with van der Waals surface area (Å²) in [6.07, 6.45) is 1.98. The van der Waals surface area contributed by atoms with Crippen LogP contribution in [0.1, 0.15) is 25.0 Å². The molecular weight excluding hydrogens is 170 g/mol. The standard InChI is InChI=1S/C13H19N/c1-4-11-5-7-12(8-6-11)9-13(14)10(2)3/h5-8,13H,2,4,9,14H2,1,3H3. The molecule has 2 N–H and O–H groups in total. The van der Waals surface area contributed by atoms with Crippen LogP contribution < -0.4 is 5.73 Å². The Bertz CT molecular complexity index is 298. The third kappa shape index (κ3) is 3.00. The molecule has 0 aromatic heterocycles. The first-order valence-corrected chi connectivity index (χ1v) is 5.12. The third-order valence-corrected chi connectivity index (χ3v) is 2.52. The number of hydrogen-bond acceptors (Lipinski definition) is 1. The summed E-state index contributed by atoms with van der Waals surface area (Å²) >= 11 is 0. The van der Waals surface area contributed by atoms with Crippen molar-refractivity contribution < 1.29 is 0 Å². The summed E-state index contributed by atoms with van der Waals surface area (Å²) in [6, 6.07) is 8.73. The maximum Gasteiger partial charge on any atom is 0.0289 e. The quantitative estimate of drug-likeness (QED) is 0.724. The van der Waals surface area contributed by atoms with Gasteiger partial charge in [-0.2, -0.15) is 0 Å². The van der Waals surface area contributed by atoms with E-state index in [1.807, 2.05) is 6.92 Å². The molecule has 0 aliphatic heterocycles. The fourth-order valence-electron chi connectivity index (χ4n) is 1.34. The van der Waals surface area contributed by atoms with Crippen molar-refractivity contribution in [1.29, 1.82) is 0 Å². The van der Waals surface area contributed by atoms with Crippen LogP contribution in [0.15, 0.2) is 36.4 Å². The molecule has 1 nitrogen and oxygen atoms in total. The van der Waals surface area contributed by atoms with E-state index in [0.29, 0.717) is 0 Å². The van der Waals surface area contributed by atoms with Crippen LogP contribution in [0.25, 0.3) is 0 Å². The molecule has 0 aliphatic carbocycles. The highest BCUT2D eigenvalue weighted by atomic mass is 14.6. The summed E-state index contributed by atoms with van der Waals surface area (Å²) in [5.74, 6) is 0. The molecule has 1 unspecified atom stereocenters. The Morgan fingerprint density at radius 3 is 2.21 bits per heavy atom. The zero-order chi connectivity index (χ0) is 10.6. The molecule has 1 rings (SSSR count). The molecule has 1 atom stereocenters. The van der Waals surface area contributed by atoms with Gasteiger partial charge in [-0.3, -0.25) is 0 Å². The van der Waals surface area contributed by atoms with Gasteiger partial charge in [-0.05, 0) is 30.9 Å². The summed E-state index contributed by atoms with van der Waals surface area (Å²) < 4.78 is 0. The molecule has 1 aromatic carbocycles. The second-order valence-corrected chi connectivity index (χ2v) is 3.83. The van der Waals surface area contributed by atoms with E-state index in [9.17, 15) is 0 Å². The molecule has 0 aliphatic rings. The monoisotopic (exact) mass is 189 g/mol. The fourth-order valence-corrected chi connectivity index (χ4v) is 1.34. The third-order valence-electron chi connectivity index (χ3n) is 2.52. The van der Waals surface area contributed by atoms with E-state index < -0.39 is 0 Å². The summed E-state index contributed by atoms with van der Waals surface area (Å²) in [7, 11) is 0. The second-order valence-electron chi connectivity index (χ2n) is 3.83. The van der Waals surface area contributed by atoms with Gasteiger partial charge in [-0.25, -0.2) is 0 Å². The van der Waals surface area contributed by atoms with Crippen LogP contribution in [0.4, 0.5) is 0 Å². The molecule has 76 valence electrons. The Morgan fingerprint density at radius 2 is 1.79 bits per heavy atom. The number of rotatable bonds is 4. The van der Waals surface area contributed by atoms with Gasteiger partial charge in [-0.15, -0.1) is 0 Å². The van der Waals surface area contributed by atoms with Crippen molar-refractivity contribution >= 4 is 0 Å². The SMILES string of the molecule is C=C(C)C(N)Cc1ccc(CC)cc1. The summed E-state index contributed by atoms with van der Waals surface area (Å²) in [6.45, 7) is 8.00. The minimum absolute atomic E-state index is 0.0856. The topological polar surface area (TPSA) is 26.0 Å². The largest absolute Gasteiger partial charge is 0.324 e. The Kier molecular flexibility index (Phi) is 3.90. The van der Waals surface area contributed by atoms with Crippen LogP contribution >= 0.6 is 0 Å².